The maximum absolute atomic E-state index is 13.4. The molecule has 0 bridgehead atoms. The van der Waals surface area contributed by atoms with E-state index in [2.05, 4.69) is 16.8 Å². The molecule has 9 heteroatoms. The van der Waals surface area contributed by atoms with Gasteiger partial charge >= 0.3 is 12.0 Å². The molecule has 1 fully saturated rings. The zero-order chi connectivity index (χ0) is 28.6. The molecule has 9 nitrogen and oxygen atoms in total. The third kappa shape index (κ3) is 6.54. The first-order valence-corrected chi connectivity index (χ1v) is 13.7. The molecule has 0 radical (unpaired) electrons. The van der Waals surface area contributed by atoms with Crippen LogP contribution < -0.4 is 10.1 Å². The highest BCUT2D eigenvalue weighted by Gasteiger charge is 2.38. The highest BCUT2D eigenvalue weighted by Crippen LogP contribution is 2.32. The molecule has 0 saturated carbocycles. The number of hydrogen-bond acceptors (Lipinski definition) is 6. The molecule has 2 heterocycles. The van der Waals surface area contributed by atoms with Crippen LogP contribution in [0, 0.1) is 6.92 Å². The van der Waals surface area contributed by atoms with E-state index in [1.54, 1.807) is 37.1 Å². The number of benzene rings is 2. The van der Waals surface area contributed by atoms with Crippen LogP contribution in [0.4, 0.5) is 4.79 Å². The van der Waals surface area contributed by atoms with Crippen molar-refractivity contribution >= 4 is 17.9 Å². The molecule has 0 unspecified atom stereocenters. The first-order chi connectivity index (χ1) is 19.4. The Labute approximate surface area is 236 Å². The third-order valence-electron chi connectivity index (χ3n) is 7.22. The highest BCUT2D eigenvalue weighted by atomic mass is 16.5. The van der Waals surface area contributed by atoms with Gasteiger partial charge in [0.2, 0.25) is 0 Å². The second-order valence-corrected chi connectivity index (χ2v) is 9.93. The summed E-state index contributed by atoms with van der Waals surface area (Å²) < 4.78 is 10.8. The van der Waals surface area contributed by atoms with Gasteiger partial charge in [0.05, 0.1) is 25.3 Å². The quantitative estimate of drug-likeness (QED) is 0.379. The van der Waals surface area contributed by atoms with Gasteiger partial charge in [0.15, 0.2) is 0 Å². The molecule has 0 aromatic heterocycles. The van der Waals surface area contributed by atoms with E-state index in [1.807, 2.05) is 48.2 Å². The Kier molecular flexibility index (Phi) is 9.60. The molecule has 1 atom stereocenters. The minimum atomic E-state index is -0.638. The summed E-state index contributed by atoms with van der Waals surface area (Å²) in [5, 5.41) is 3.00. The fourth-order valence-electron chi connectivity index (χ4n) is 5.14. The van der Waals surface area contributed by atoms with E-state index in [-0.39, 0.29) is 25.1 Å². The Morgan fingerprint density at radius 3 is 2.58 bits per heavy atom. The third-order valence-corrected chi connectivity index (χ3v) is 7.22. The Morgan fingerprint density at radius 2 is 1.88 bits per heavy atom. The van der Waals surface area contributed by atoms with Gasteiger partial charge in [-0.25, -0.2) is 9.59 Å². The van der Waals surface area contributed by atoms with Crippen molar-refractivity contribution in [2.75, 3.05) is 53.0 Å². The van der Waals surface area contributed by atoms with E-state index in [9.17, 15) is 14.4 Å². The van der Waals surface area contributed by atoms with Crippen LogP contribution in [0.25, 0.3) is 0 Å². The molecule has 40 heavy (non-hydrogen) atoms. The van der Waals surface area contributed by atoms with Crippen LogP contribution in [0.1, 0.15) is 40.9 Å². The molecule has 212 valence electrons. The number of aryl methyl sites for hydroxylation is 1. The lowest BCUT2D eigenvalue weighted by Crippen LogP contribution is -2.51. The van der Waals surface area contributed by atoms with Gasteiger partial charge in [-0.05, 0) is 44.0 Å². The van der Waals surface area contributed by atoms with Gasteiger partial charge < -0.3 is 19.7 Å². The second kappa shape index (κ2) is 13.3. The summed E-state index contributed by atoms with van der Waals surface area (Å²) in [6.45, 7) is 10.8. The van der Waals surface area contributed by atoms with Crippen molar-refractivity contribution in [1.82, 2.24) is 20.0 Å². The maximum Gasteiger partial charge on any atom is 0.338 e. The fourth-order valence-corrected chi connectivity index (χ4v) is 5.14. The van der Waals surface area contributed by atoms with Gasteiger partial charge in [-0.15, -0.1) is 6.58 Å². The summed E-state index contributed by atoms with van der Waals surface area (Å²) in [6, 6.07) is 14.0. The summed E-state index contributed by atoms with van der Waals surface area (Å²) in [5.41, 5.74) is 3.49. The minimum Gasteiger partial charge on any atom is -0.497 e. The number of carbonyl (C=O) groups is 3. The standard InChI is InChI=1S/C31H38N4O5/c1-5-15-35-26(27(30(37)40-6-2)28(32-31(35)38)23-13-11-22(3)12-14-23)21-33-16-8-17-34(19-18-33)29(36)24-9-7-10-25(20-24)39-4/h5,7,9-14,20,28H,1,6,8,15-19,21H2,2-4H3,(H,32,38)/t28-/m1/s1. The minimum absolute atomic E-state index is 0.0445. The van der Waals surface area contributed by atoms with E-state index in [0.717, 1.165) is 17.5 Å². The van der Waals surface area contributed by atoms with Gasteiger partial charge in [0, 0.05) is 50.5 Å². The molecule has 2 aromatic rings. The molecule has 2 aliphatic rings. The van der Waals surface area contributed by atoms with E-state index in [1.165, 1.54) is 0 Å². The Balaban J connectivity index is 1.63. The zero-order valence-electron chi connectivity index (χ0n) is 23.5. The van der Waals surface area contributed by atoms with Crippen LogP contribution in [0.5, 0.6) is 5.75 Å². The molecule has 0 spiro atoms. The maximum atomic E-state index is 13.4. The second-order valence-electron chi connectivity index (χ2n) is 9.93. The van der Waals surface area contributed by atoms with Crippen LogP contribution in [0.2, 0.25) is 0 Å². The lowest BCUT2D eigenvalue weighted by molar-refractivity contribution is -0.139. The topological polar surface area (TPSA) is 91.4 Å². The molecule has 4 rings (SSSR count). The van der Waals surface area contributed by atoms with E-state index in [4.69, 9.17) is 9.47 Å². The summed E-state index contributed by atoms with van der Waals surface area (Å²) in [4.78, 5) is 45.6. The number of rotatable bonds is 9. The monoisotopic (exact) mass is 546 g/mol. The van der Waals surface area contributed by atoms with Crippen molar-refractivity contribution in [3.63, 3.8) is 0 Å². The number of esters is 1. The average Bonchev–Trinajstić information content (AvgIpc) is 3.20. The van der Waals surface area contributed by atoms with Crippen LogP contribution in [-0.4, -0.2) is 85.6 Å². The van der Waals surface area contributed by atoms with Gasteiger partial charge in [0.1, 0.15) is 5.75 Å². The van der Waals surface area contributed by atoms with Crippen LogP contribution >= 0.6 is 0 Å². The van der Waals surface area contributed by atoms with Crippen molar-refractivity contribution in [3.05, 3.63) is 89.1 Å². The molecule has 3 amide bonds. The number of methoxy groups -OCH3 is 1. The van der Waals surface area contributed by atoms with Crippen LogP contribution in [-0.2, 0) is 9.53 Å². The Bertz CT molecular complexity index is 1270. The van der Waals surface area contributed by atoms with Crippen molar-refractivity contribution < 1.29 is 23.9 Å². The first-order valence-electron chi connectivity index (χ1n) is 13.7. The molecule has 2 aliphatic heterocycles. The normalized spacial score (nSPS) is 18.2. The number of nitrogens with one attached hydrogen (secondary N) is 1. The Morgan fingerprint density at radius 1 is 1.10 bits per heavy atom. The number of carbonyl (C=O) groups excluding carboxylic acids is 3. The predicted molar refractivity (Wildman–Crippen MR) is 153 cm³/mol. The van der Waals surface area contributed by atoms with Crippen molar-refractivity contribution in [2.24, 2.45) is 0 Å². The summed E-state index contributed by atoms with van der Waals surface area (Å²) in [7, 11) is 1.58. The lowest BCUT2D eigenvalue weighted by atomic mass is 9.93. The molecule has 0 aliphatic carbocycles. The van der Waals surface area contributed by atoms with Gasteiger partial charge in [0.25, 0.3) is 5.91 Å². The Hall–Kier alpha value is -4.11. The number of hydrogen-bond donors (Lipinski definition) is 1. The predicted octanol–water partition coefficient (Wildman–Crippen LogP) is 3.92. The SMILES string of the molecule is C=CCN1C(=O)N[C@H](c2ccc(C)cc2)C(C(=O)OCC)=C1CN1CCCN(C(=O)c2cccc(OC)c2)CC1. The summed E-state index contributed by atoms with van der Waals surface area (Å²) in [5.74, 6) is 0.139. The number of amides is 3. The lowest BCUT2D eigenvalue weighted by Gasteiger charge is -2.38. The van der Waals surface area contributed by atoms with Gasteiger partial charge in [-0.1, -0.05) is 42.0 Å². The van der Waals surface area contributed by atoms with Crippen molar-refractivity contribution in [2.45, 2.75) is 26.3 Å². The number of ether oxygens (including phenoxy) is 2. The number of urea groups is 1. The van der Waals surface area contributed by atoms with Gasteiger partial charge in [-0.2, -0.15) is 0 Å². The summed E-state index contributed by atoms with van der Waals surface area (Å²) in [6.07, 6.45) is 2.40. The zero-order valence-corrected chi connectivity index (χ0v) is 23.5. The van der Waals surface area contributed by atoms with Crippen LogP contribution in [0.3, 0.4) is 0 Å². The molecule has 2 aromatic carbocycles. The van der Waals surface area contributed by atoms with E-state index >= 15 is 0 Å². The van der Waals surface area contributed by atoms with E-state index < -0.39 is 12.0 Å². The van der Waals surface area contributed by atoms with E-state index in [0.29, 0.717) is 55.3 Å². The molecule has 1 N–H and O–H groups in total. The molecular formula is C31H38N4O5. The van der Waals surface area contributed by atoms with Gasteiger partial charge in [-0.3, -0.25) is 14.6 Å². The smallest absolute Gasteiger partial charge is 0.338 e. The fraction of sp³-hybridized carbons (Fsp3) is 0.387. The van der Waals surface area contributed by atoms with Crippen LogP contribution in [0.15, 0.2) is 72.5 Å². The van der Waals surface area contributed by atoms with Crippen molar-refractivity contribution in [3.8, 4) is 5.75 Å². The van der Waals surface area contributed by atoms with Crippen molar-refractivity contribution in [1.29, 1.82) is 0 Å². The average molecular weight is 547 g/mol. The molecule has 1 saturated heterocycles. The summed E-state index contributed by atoms with van der Waals surface area (Å²) >= 11 is 0. The largest absolute Gasteiger partial charge is 0.497 e. The highest BCUT2D eigenvalue weighted by molar-refractivity contribution is 5.95. The first kappa shape index (κ1) is 28.9. The number of nitrogens with zero attached hydrogens (tertiary/aromatic N) is 3. The molecular weight excluding hydrogens is 508 g/mol.